The summed E-state index contributed by atoms with van der Waals surface area (Å²) < 4.78 is 0. The maximum atomic E-state index is 4.76. The van der Waals surface area contributed by atoms with Gasteiger partial charge in [-0.15, -0.1) is 23.2 Å². The Hall–Kier alpha value is 0.0295. The Labute approximate surface area is 178 Å². The third-order valence-corrected chi connectivity index (χ3v) is 5.60. The summed E-state index contributed by atoms with van der Waals surface area (Å²) in [4.78, 5) is 0. The second kappa shape index (κ2) is 15.3. The topological polar surface area (TPSA) is 0 Å². The predicted octanol–water partition coefficient (Wildman–Crippen LogP) is -0.610. The number of benzene rings is 2. The molecule has 3 rings (SSSR count). The zero-order chi connectivity index (χ0) is 14.9. The molecule has 2 aromatic rings. The normalized spacial score (nSPS) is 11.2. The SMILES string of the molecule is C1=CCC(P(c2ccccc2)c2ccccc2)=C1.ClCCl.[Cl-].[Cl-].[Fe+2]. The average Bonchev–Trinajstić information content (AvgIpc) is 3.05. The molecule has 0 amide bonds. The van der Waals surface area contributed by atoms with Gasteiger partial charge in [-0.1, -0.05) is 78.9 Å². The van der Waals surface area contributed by atoms with E-state index in [0.29, 0.717) is 0 Å². The van der Waals surface area contributed by atoms with Gasteiger partial charge in [0, 0.05) is 0 Å². The van der Waals surface area contributed by atoms with Gasteiger partial charge in [-0.25, -0.2) is 0 Å². The molecule has 24 heavy (non-hydrogen) atoms. The van der Waals surface area contributed by atoms with Gasteiger partial charge in [-0.2, -0.15) is 0 Å². The standard InChI is InChI=1S/C17H15P.CH2Cl2.2ClH.Fe/c1-3-9-15(10-4-1)18(17-13-7-8-14-17)16-11-5-2-6-12-16;2-1-3;;;/h1-13H,14H2;1H2;2*1H;/q;;;;+2/p-2. The van der Waals surface area contributed by atoms with Crippen LogP contribution < -0.4 is 35.4 Å². The molecule has 0 atom stereocenters. The van der Waals surface area contributed by atoms with Crippen LogP contribution in [0, 0.1) is 0 Å². The second-order valence-corrected chi connectivity index (χ2v) is 7.48. The molecule has 1 aliphatic carbocycles. The number of alkyl halides is 2. The molecule has 0 heterocycles. The van der Waals surface area contributed by atoms with E-state index in [4.69, 9.17) is 23.2 Å². The van der Waals surface area contributed by atoms with E-state index in [0.717, 1.165) is 6.42 Å². The molecule has 0 N–H and O–H groups in total. The molecule has 0 unspecified atom stereocenters. The van der Waals surface area contributed by atoms with Gasteiger partial charge in [0.15, 0.2) is 0 Å². The van der Waals surface area contributed by atoms with E-state index < -0.39 is 0 Å². The van der Waals surface area contributed by atoms with Crippen LogP contribution in [0.15, 0.2) is 84.2 Å². The summed E-state index contributed by atoms with van der Waals surface area (Å²) in [6, 6.07) is 21.7. The quantitative estimate of drug-likeness (QED) is 0.325. The number of rotatable bonds is 3. The van der Waals surface area contributed by atoms with Crippen LogP contribution in [0.25, 0.3) is 0 Å². The number of allylic oxidation sites excluding steroid dienone is 4. The van der Waals surface area contributed by atoms with E-state index in [9.17, 15) is 0 Å². The van der Waals surface area contributed by atoms with Crippen LogP contribution in [0.1, 0.15) is 6.42 Å². The van der Waals surface area contributed by atoms with Crippen LogP contribution >= 0.6 is 31.1 Å². The molecule has 0 nitrogen and oxygen atoms in total. The fraction of sp³-hybridized carbons (Fsp3) is 0.111. The van der Waals surface area contributed by atoms with Crippen molar-refractivity contribution in [2.75, 3.05) is 5.34 Å². The molecule has 130 valence electrons. The van der Waals surface area contributed by atoms with Crippen molar-refractivity contribution < 1.29 is 41.9 Å². The van der Waals surface area contributed by atoms with Gasteiger partial charge < -0.3 is 24.8 Å². The van der Waals surface area contributed by atoms with Crippen LogP contribution in [0.4, 0.5) is 0 Å². The Bertz CT molecular complexity index is 563. The Morgan fingerprint density at radius 3 is 1.54 bits per heavy atom. The maximum Gasteiger partial charge on any atom is 2.00 e. The van der Waals surface area contributed by atoms with E-state index in [1.165, 1.54) is 10.6 Å². The van der Waals surface area contributed by atoms with Crippen molar-refractivity contribution in [1.29, 1.82) is 0 Å². The first kappa shape index (κ1) is 26.3. The van der Waals surface area contributed by atoms with Gasteiger partial charge in [0.1, 0.15) is 0 Å². The van der Waals surface area contributed by atoms with Crippen molar-refractivity contribution in [1.82, 2.24) is 0 Å². The van der Waals surface area contributed by atoms with Crippen LogP contribution in [0.3, 0.4) is 0 Å². The zero-order valence-electron chi connectivity index (χ0n) is 12.7. The summed E-state index contributed by atoms with van der Waals surface area (Å²) in [5.41, 5.74) is 0. The monoisotopic (exact) mass is 460 g/mol. The van der Waals surface area contributed by atoms with Crippen molar-refractivity contribution in [2.45, 2.75) is 6.42 Å². The molecule has 0 saturated heterocycles. The number of hydrogen-bond donors (Lipinski definition) is 0. The van der Waals surface area contributed by atoms with E-state index in [-0.39, 0.29) is 55.1 Å². The van der Waals surface area contributed by atoms with Crippen molar-refractivity contribution >= 4 is 41.7 Å². The zero-order valence-corrected chi connectivity index (χ0v) is 17.8. The minimum Gasteiger partial charge on any atom is -1.00 e. The van der Waals surface area contributed by atoms with Gasteiger partial charge in [0.05, 0.1) is 5.34 Å². The van der Waals surface area contributed by atoms with Crippen molar-refractivity contribution in [3.05, 3.63) is 84.2 Å². The fourth-order valence-corrected chi connectivity index (χ4v) is 4.66. The molecule has 1 aliphatic rings. The molecule has 2 aromatic carbocycles. The maximum absolute atomic E-state index is 4.76. The van der Waals surface area contributed by atoms with Gasteiger partial charge in [0.2, 0.25) is 0 Å². The average molecular weight is 462 g/mol. The van der Waals surface area contributed by atoms with E-state index in [2.05, 4.69) is 78.9 Å². The first-order chi connectivity index (χ1) is 10.4. The smallest absolute Gasteiger partial charge is 1.00 e. The third kappa shape index (κ3) is 7.94. The van der Waals surface area contributed by atoms with Gasteiger partial charge in [-0.3, -0.25) is 0 Å². The molecule has 0 radical (unpaired) electrons. The molecule has 0 aliphatic heterocycles. The molecule has 0 aromatic heterocycles. The molecule has 6 heteroatoms. The molecule has 0 fully saturated rings. The Kier molecular flexibility index (Phi) is 16.7. The third-order valence-electron chi connectivity index (χ3n) is 3.07. The first-order valence-corrected chi connectivity index (χ1v) is 9.15. The summed E-state index contributed by atoms with van der Waals surface area (Å²) >= 11 is 9.53. The van der Waals surface area contributed by atoms with Crippen molar-refractivity contribution in [3.63, 3.8) is 0 Å². The predicted molar refractivity (Wildman–Crippen MR) is 97.5 cm³/mol. The van der Waals surface area contributed by atoms with Crippen molar-refractivity contribution in [2.24, 2.45) is 0 Å². The summed E-state index contributed by atoms with van der Waals surface area (Å²) in [6.45, 7) is 0. The largest absolute Gasteiger partial charge is 2.00 e. The Balaban J connectivity index is 0. The molecular formula is C18H17Cl4FeP. The fourth-order valence-electron chi connectivity index (χ4n) is 2.24. The van der Waals surface area contributed by atoms with Crippen LogP contribution in [0.2, 0.25) is 0 Å². The van der Waals surface area contributed by atoms with Gasteiger partial charge in [-0.05, 0) is 30.3 Å². The number of hydrogen-bond acceptors (Lipinski definition) is 0. The van der Waals surface area contributed by atoms with E-state index >= 15 is 0 Å². The van der Waals surface area contributed by atoms with Crippen molar-refractivity contribution in [3.8, 4) is 0 Å². The second-order valence-electron chi connectivity index (χ2n) is 4.40. The number of halogens is 4. The molecular weight excluding hydrogens is 445 g/mol. The van der Waals surface area contributed by atoms with Crippen LogP contribution in [-0.4, -0.2) is 5.34 Å². The summed E-state index contributed by atoms with van der Waals surface area (Å²) in [5.74, 6) is 0. The summed E-state index contributed by atoms with van der Waals surface area (Å²) in [5, 5.41) is 4.62. The first-order valence-electron chi connectivity index (χ1n) is 6.74. The van der Waals surface area contributed by atoms with Crippen LogP contribution in [0.5, 0.6) is 0 Å². The molecule has 0 bridgehead atoms. The van der Waals surface area contributed by atoms with Gasteiger partial charge in [0.25, 0.3) is 0 Å². The van der Waals surface area contributed by atoms with E-state index in [1.54, 1.807) is 5.31 Å². The Morgan fingerprint density at radius 2 is 1.21 bits per heavy atom. The summed E-state index contributed by atoms with van der Waals surface area (Å²) in [6.07, 6.45) is 7.80. The van der Waals surface area contributed by atoms with Gasteiger partial charge >= 0.3 is 17.1 Å². The van der Waals surface area contributed by atoms with E-state index in [1.807, 2.05) is 0 Å². The Morgan fingerprint density at radius 1 is 0.792 bits per heavy atom. The summed E-state index contributed by atoms with van der Waals surface area (Å²) in [7, 11) is -0.353. The molecule has 0 spiro atoms. The molecule has 0 saturated carbocycles. The minimum absolute atomic E-state index is 0. The van der Waals surface area contributed by atoms with Crippen LogP contribution in [-0.2, 0) is 17.1 Å². The minimum atomic E-state index is -0.353.